The van der Waals surface area contributed by atoms with E-state index in [4.69, 9.17) is 4.74 Å². The number of ether oxygens (including phenoxy) is 1. The van der Waals surface area contributed by atoms with E-state index < -0.39 is 0 Å². The van der Waals surface area contributed by atoms with Crippen LogP contribution in [-0.4, -0.2) is 16.8 Å². The molecule has 1 N–H and O–H groups in total. The molecular formula is C11H14N2O. The van der Waals surface area contributed by atoms with Crippen molar-refractivity contribution in [2.45, 2.75) is 13.8 Å². The molecular weight excluding hydrogens is 176 g/mol. The average Bonchev–Trinajstić information content (AvgIpc) is 2.61. The van der Waals surface area contributed by atoms with E-state index in [1.54, 1.807) is 6.20 Å². The van der Waals surface area contributed by atoms with Crippen molar-refractivity contribution in [2.24, 2.45) is 5.92 Å². The van der Waals surface area contributed by atoms with Gasteiger partial charge in [-0.25, -0.2) is 0 Å². The Bertz CT molecular complexity index is 420. The van der Waals surface area contributed by atoms with Gasteiger partial charge >= 0.3 is 0 Å². The van der Waals surface area contributed by atoms with Crippen LogP contribution >= 0.6 is 0 Å². The molecule has 1 aromatic heterocycles. The van der Waals surface area contributed by atoms with Gasteiger partial charge in [0, 0.05) is 5.39 Å². The van der Waals surface area contributed by atoms with Gasteiger partial charge in [0.2, 0.25) is 0 Å². The first-order chi connectivity index (χ1) is 6.75. The Morgan fingerprint density at radius 1 is 1.43 bits per heavy atom. The zero-order valence-electron chi connectivity index (χ0n) is 8.45. The van der Waals surface area contributed by atoms with Crippen LogP contribution in [0.1, 0.15) is 13.8 Å². The van der Waals surface area contributed by atoms with Crippen molar-refractivity contribution in [1.82, 2.24) is 10.2 Å². The minimum absolute atomic E-state index is 0.551. The second-order valence-corrected chi connectivity index (χ2v) is 3.82. The molecule has 0 spiro atoms. The van der Waals surface area contributed by atoms with E-state index in [2.05, 4.69) is 24.0 Å². The molecule has 0 saturated heterocycles. The molecule has 0 fully saturated rings. The zero-order chi connectivity index (χ0) is 9.97. The number of benzene rings is 1. The van der Waals surface area contributed by atoms with Crippen molar-refractivity contribution in [3.05, 3.63) is 24.4 Å². The molecule has 3 nitrogen and oxygen atoms in total. The summed E-state index contributed by atoms with van der Waals surface area (Å²) in [6, 6.07) is 5.95. The lowest BCUT2D eigenvalue weighted by Crippen LogP contribution is -2.04. The summed E-state index contributed by atoms with van der Waals surface area (Å²) < 4.78 is 5.60. The lowest BCUT2D eigenvalue weighted by atomic mass is 10.2. The third kappa shape index (κ3) is 1.87. The molecule has 0 unspecified atom stereocenters. The maximum absolute atomic E-state index is 5.60. The number of nitrogens with zero attached hydrogens (tertiary/aromatic N) is 1. The Morgan fingerprint density at radius 3 is 3.07 bits per heavy atom. The highest BCUT2D eigenvalue weighted by Gasteiger charge is 1.99. The monoisotopic (exact) mass is 190 g/mol. The molecule has 14 heavy (non-hydrogen) atoms. The molecule has 0 atom stereocenters. The van der Waals surface area contributed by atoms with Gasteiger partial charge in [-0.05, 0) is 24.1 Å². The first-order valence-electron chi connectivity index (χ1n) is 4.81. The molecule has 0 aliphatic heterocycles. The minimum atomic E-state index is 0.551. The molecule has 2 aromatic rings. The van der Waals surface area contributed by atoms with E-state index >= 15 is 0 Å². The van der Waals surface area contributed by atoms with E-state index in [-0.39, 0.29) is 0 Å². The van der Waals surface area contributed by atoms with Gasteiger partial charge < -0.3 is 4.74 Å². The third-order valence-electron chi connectivity index (χ3n) is 2.00. The second kappa shape index (κ2) is 3.70. The first kappa shape index (κ1) is 9.06. The molecule has 0 aliphatic rings. The zero-order valence-corrected chi connectivity index (χ0v) is 8.45. The van der Waals surface area contributed by atoms with Gasteiger partial charge in [-0.2, -0.15) is 5.10 Å². The van der Waals surface area contributed by atoms with E-state index in [9.17, 15) is 0 Å². The number of aromatic amines is 1. The van der Waals surface area contributed by atoms with Crippen LogP contribution in [-0.2, 0) is 0 Å². The van der Waals surface area contributed by atoms with Crippen molar-refractivity contribution in [3.63, 3.8) is 0 Å². The van der Waals surface area contributed by atoms with Gasteiger partial charge in [-0.3, -0.25) is 5.10 Å². The highest BCUT2D eigenvalue weighted by atomic mass is 16.5. The quantitative estimate of drug-likeness (QED) is 0.807. The van der Waals surface area contributed by atoms with E-state index in [1.807, 2.05) is 18.2 Å². The number of rotatable bonds is 3. The first-order valence-corrected chi connectivity index (χ1v) is 4.81. The predicted molar refractivity (Wildman–Crippen MR) is 56.4 cm³/mol. The molecule has 0 aliphatic carbocycles. The number of aromatic nitrogens is 2. The lowest BCUT2D eigenvalue weighted by Gasteiger charge is -2.07. The van der Waals surface area contributed by atoms with Gasteiger partial charge in [-0.15, -0.1) is 0 Å². The highest BCUT2D eigenvalue weighted by Crippen LogP contribution is 2.18. The summed E-state index contributed by atoms with van der Waals surface area (Å²) in [5.74, 6) is 1.46. The van der Waals surface area contributed by atoms with Gasteiger partial charge in [-0.1, -0.05) is 13.8 Å². The Kier molecular flexibility index (Phi) is 2.39. The average molecular weight is 190 g/mol. The molecule has 0 radical (unpaired) electrons. The fourth-order valence-electron chi connectivity index (χ4n) is 1.27. The summed E-state index contributed by atoms with van der Waals surface area (Å²) in [7, 11) is 0. The summed E-state index contributed by atoms with van der Waals surface area (Å²) in [5, 5.41) is 7.95. The summed E-state index contributed by atoms with van der Waals surface area (Å²) in [5.41, 5.74) is 1.04. The van der Waals surface area contributed by atoms with Crippen LogP contribution in [0.15, 0.2) is 24.4 Å². The molecule has 0 bridgehead atoms. The highest BCUT2D eigenvalue weighted by molar-refractivity contribution is 5.79. The van der Waals surface area contributed by atoms with Crippen molar-refractivity contribution in [2.75, 3.05) is 6.61 Å². The van der Waals surface area contributed by atoms with Gasteiger partial charge in [0.15, 0.2) is 0 Å². The molecule has 2 rings (SSSR count). The number of fused-ring (bicyclic) bond motifs is 1. The third-order valence-corrected chi connectivity index (χ3v) is 2.00. The standard InChI is InChI=1S/C11H14N2O/c1-8(2)7-14-10-3-4-11-9(5-10)6-12-13-11/h3-6,8H,7H2,1-2H3,(H,12,13). The van der Waals surface area contributed by atoms with Crippen LogP contribution in [0.3, 0.4) is 0 Å². The summed E-state index contributed by atoms with van der Waals surface area (Å²) in [4.78, 5) is 0. The van der Waals surface area contributed by atoms with Crippen molar-refractivity contribution < 1.29 is 4.74 Å². The molecule has 1 aromatic carbocycles. The topological polar surface area (TPSA) is 37.9 Å². The Labute approximate surface area is 83.1 Å². The molecule has 74 valence electrons. The minimum Gasteiger partial charge on any atom is -0.493 e. The normalized spacial score (nSPS) is 11.1. The maximum Gasteiger partial charge on any atom is 0.120 e. The van der Waals surface area contributed by atoms with Crippen LogP contribution in [0, 0.1) is 5.92 Å². The summed E-state index contributed by atoms with van der Waals surface area (Å²) in [6.45, 7) is 5.02. The largest absolute Gasteiger partial charge is 0.493 e. The summed E-state index contributed by atoms with van der Waals surface area (Å²) >= 11 is 0. The van der Waals surface area contributed by atoms with Crippen LogP contribution in [0.4, 0.5) is 0 Å². The van der Waals surface area contributed by atoms with Crippen LogP contribution < -0.4 is 4.74 Å². The molecule has 3 heteroatoms. The molecule has 1 heterocycles. The summed E-state index contributed by atoms with van der Waals surface area (Å²) in [6.07, 6.45) is 1.80. The van der Waals surface area contributed by atoms with Crippen LogP contribution in [0.5, 0.6) is 5.75 Å². The van der Waals surface area contributed by atoms with Crippen molar-refractivity contribution >= 4 is 10.9 Å². The number of nitrogens with one attached hydrogen (secondary N) is 1. The molecule has 0 saturated carbocycles. The fourth-order valence-corrected chi connectivity index (χ4v) is 1.27. The van der Waals surface area contributed by atoms with E-state index in [1.165, 1.54) is 0 Å². The lowest BCUT2D eigenvalue weighted by molar-refractivity contribution is 0.271. The van der Waals surface area contributed by atoms with Gasteiger partial charge in [0.1, 0.15) is 5.75 Å². The van der Waals surface area contributed by atoms with Gasteiger partial charge in [0.25, 0.3) is 0 Å². The fraction of sp³-hybridized carbons (Fsp3) is 0.364. The van der Waals surface area contributed by atoms with Gasteiger partial charge in [0.05, 0.1) is 18.3 Å². The Hall–Kier alpha value is -1.51. The van der Waals surface area contributed by atoms with E-state index in [0.29, 0.717) is 5.92 Å². The van der Waals surface area contributed by atoms with Crippen LogP contribution in [0.2, 0.25) is 0 Å². The Balaban J connectivity index is 2.17. The Morgan fingerprint density at radius 2 is 2.29 bits per heavy atom. The van der Waals surface area contributed by atoms with Crippen LogP contribution in [0.25, 0.3) is 10.9 Å². The second-order valence-electron chi connectivity index (χ2n) is 3.82. The van der Waals surface area contributed by atoms with E-state index in [0.717, 1.165) is 23.3 Å². The SMILES string of the molecule is CC(C)COc1ccc2[nH]ncc2c1. The number of H-pyrrole nitrogens is 1. The number of hydrogen-bond donors (Lipinski definition) is 1. The number of hydrogen-bond acceptors (Lipinski definition) is 2. The maximum atomic E-state index is 5.60. The molecule has 0 amide bonds. The van der Waals surface area contributed by atoms with Crippen molar-refractivity contribution in [1.29, 1.82) is 0 Å². The smallest absolute Gasteiger partial charge is 0.120 e. The predicted octanol–water partition coefficient (Wildman–Crippen LogP) is 2.60. The van der Waals surface area contributed by atoms with Crippen molar-refractivity contribution in [3.8, 4) is 5.75 Å².